The number of unbranched alkanes of at least 4 members (excludes halogenated alkanes) is 9. The molecule has 0 saturated carbocycles. The minimum atomic E-state index is -2.51. The summed E-state index contributed by atoms with van der Waals surface area (Å²) in [5.41, 5.74) is 0. The van der Waals surface area contributed by atoms with Crippen LogP contribution in [0.5, 0.6) is 0 Å². The van der Waals surface area contributed by atoms with Gasteiger partial charge in [-0.3, -0.25) is 0 Å². The molecule has 1 atom stereocenters. The van der Waals surface area contributed by atoms with Crippen LogP contribution in [-0.2, 0) is 0 Å². The van der Waals surface area contributed by atoms with Crippen molar-refractivity contribution in [3.63, 3.8) is 0 Å². The van der Waals surface area contributed by atoms with Gasteiger partial charge in [0.05, 0.1) is 0 Å². The second-order valence-corrected chi connectivity index (χ2v) is 16.3. The van der Waals surface area contributed by atoms with E-state index in [9.17, 15) is 5.11 Å². The maximum absolute atomic E-state index is 11.3. The minimum absolute atomic E-state index is 0.229. The van der Waals surface area contributed by atoms with Crippen molar-refractivity contribution in [1.82, 2.24) is 0 Å². The Labute approximate surface area is 164 Å². The van der Waals surface area contributed by atoms with Crippen molar-refractivity contribution in [2.45, 2.75) is 123 Å². The third-order valence-corrected chi connectivity index (χ3v) is 14.0. The van der Waals surface area contributed by atoms with E-state index in [4.69, 9.17) is 11.2 Å². The van der Waals surface area contributed by atoms with Crippen LogP contribution in [0.4, 0.5) is 0 Å². The fraction of sp³-hybridized carbons (Fsp3) is 1.00. The second-order valence-electron chi connectivity index (χ2n) is 8.30. The molecule has 0 aliphatic heterocycles. The molecule has 0 aromatic carbocycles. The summed E-state index contributed by atoms with van der Waals surface area (Å²) in [6.07, 6.45) is 20.5. The Morgan fingerprint density at radius 1 is 0.600 bits per heavy atom. The molecular formula is C22H48ClOP. The summed E-state index contributed by atoms with van der Waals surface area (Å²) in [6.45, 7) is 9.02. The monoisotopic (exact) mass is 394 g/mol. The van der Waals surface area contributed by atoms with Crippen molar-refractivity contribution in [1.29, 1.82) is 0 Å². The molecule has 0 fully saturated rings. The summed E-state index contributed by atoms with van der Waals surface area (Å²) < 4.78 is 0. The standard InChI is InChI=1S/C22H48ClOP/c1-5-9-13-14-15-16-17-18-22(24)25(23,19-10-6-2,20-11-7-3)21-12-8-4/h22,24H,5-21H2,1-4H3. The van der Waals surface area contributed by atoms with Crippen molar-refractivity contribution >= 4 is 17.2 Å². The van der Waals surface area contributed by atoms with E-state index in [0.29, 0.717) is 0 Å². The Morgan fingerprint density at radius 2 is 0.960 bits per heavy atom. The van der Waals surface area contributed by atoms with Crippen LogP contribution in [0.1, 0.15) is 118 Å². The van der Waals surface area contributed by atoms with Crippen molar-refractivity contribution in [3.05, 3.63) is 0 Å². The molecule has 0 bridgehead atoms. The summed E-state index contributed by atoms with van der Waals surface area (Å²) in [5, 5.41) is 11.3. The molecule has 154 valence electrons. The van der Waals surface area contributed by atoms with E-state index < -0.39 is 5.96 Å². The van der Waals surface area contributed by atoms with Gasteiger partial charge in [0, 0.05) is 0 Å². The van der Waals surface area contributed by atoms with E-state index >= 15 is 0 Å². The van der Waals surface area contributed by atoms with Crippen molar-refractivity contribution in [2.75, 3.05) is 18.5 Å². The molecule has 3 heteroatoms. The van der Waals surface area contributed by atoms with Gasteiger partial charge in [0.25, 0.3) is 0 Å². The normalized spacial score (nSPS) is 15.0. The van der Waals surface area contributed by atoms with Crippen LogP contribution in [0.3, 0.4) is 0 Å². The first kappa shape index (κ1) is 25.7. The summed E-state index contributed by atoms with van der Waals surface area (Å²) in [4.78, 5) is 0. The van der Waals surface area contributed by atoms with E-state index in [1.165, 1.54) is 77.0 Å². The van der Waals surface area contributed by atoms with Crippen molar-refractivity contribution in [3.8, 4) is 0 Å². The number of aliphatic hydroxyl groups excluding tert-OH is 1. The number of halogens is 1. The molecule has 1 nitrogen and oxygen atoms in total. The molecule has 1 N–H and O–H groups in total. The molecule has 0 aromatic rings. The van der Waals surface area contributed by atoms with Crippen LogP contribution in [-0.4, -0.2) is 29.4 Å². The summed E-state index contributed by atoms with van der Waals surface area (Å²) in [6, 6.07) is 0. The van der Waals surface area contributed by atoms with Gasteiger partial charge >= 0.3 is 164 Å². The van der Waals surface area contributed by atoms with Gasteiger partial charge in [-0.25, -0.2) is 0 Å². The van der Waals surface area contributed by atoms with Crippen molar-refractivity contribution in [2.24, 2.45) is 0 Å². The third-order valence-electron chi connectivity index (χ3n) is 5.94. The predicted molar refractivity (Wildman–Crippen MR) is 121 cm³/mol. The molecular weight excluding hydrogens is 347 g/mol. The Bertz CT molecular complexity index is 284. The average molecular weight is 395 g/mol. The Hall–Kier alpha value is 0.680. The molecule has 0 spiro atoms. The maximum atomic E-state index is 11.3. The van der Waals surface area contributed by atoms with Crippen LogP contribution in [0, 0.1) is 0 Å². The zero-order valence-electron chi connectivity index (χ0n) is 17.9. The van der Waals surface area contributed by atoms with Crippen LogP contribution in [0.25, 0.3) is 0 Å². The third kappa shape index (κ3) is 9.97. The molecule has 0 rings (SSSR count). The summed E-state index contributed by atoms with van der Waals surface area (Å²) in [7, 11) is 0. The average Bonchev–Trinajstić information content (AvgIpc) is 2.62. The molecule has 0 radical (unpaired) electrons. The molecule has 0 aliphatic carbocycles. The Kier molecular flexibility index (Phi) is 15.1. The first-order chi connectivity index (χ1) is 12.0. The molecule has 0 aliphatic rings. The van der Waals surface area contributed by atoms with Gasteiger partial charge in [-0.2, -0.15) is 0 Å². The number of hydrogen-bond acceptors (Lipinski definition) is 1. The zero-order chi connectivity index (χ0) is 19.0. The molecule has 0 saturated heterocycles. The first-order valence-electron chi connectivity index (χ1n) is 11.4. The van der Waals surface area contributed by atoms with Crippen LogP contribution in [0.15, 0.2) is 0 Å². The molecule has 0 heterocycles. The Balaban J connectivity index is 4.73. The van der Waals surface area contributed by atoms with Gasteiger partial charge in [-0.05, 0) is 0 Å². The molecule has 0 aromatic heterocycles. The quantitative estimate of drug-likeness (QED) is 0.182. The molecule has 0 amide bonds. The van der Waals surface area contributed by atoms with Crippen LogP contribution >= 0.6 is 17.2 Å². The predicted octanol–water partition coefficient (Wildman–Crippen LogP) is 8.55. The van der Waals surface area contributed by atoms with Gasteiger partial charge in [-0.15, -0.1) is 0 Å². The topological polar surface area (TPSA) is 20.2 Å². The number of hydrogen-bond donors (Lipinski definition) is 1. The van der Waals surface area contributed by atoms with Gasteiger partial charge in [0.2, 0.25) is 0 Å². The van der Waals surface area contributed by atoms with Gasteiger partial charge in [0.1, 0.15) is 0 Å². The van der Waals surface area contributed by atoms with Gasteiger partial charge in [-0.1, -0.05) is 0 Å². The zero-order valence-corrected chi connectivity index (χ0v) is 19.5. The SMILES string of the molecule is CCCCCCCCCC(O)P(Cl)(CCCC)(CCCC)CCCC. The molecule has 25 heavy (non-hydrogen) atoms. The Morgan fingerprint density at radius 3 is 1.36 bits per heavy atom. The fourth-order valence-corrected chi connectivity index (χ4v) is 10.9. The number of aliphatic hydroxyl groups is 1. The van der Waals surface area contributed by atoms with Crippen LogP contribution in [0.2, 0.25) is 0 Å². The van der Waals surface area contributed by atoms with Gasteiger partial charge in [0.15, 0.2) is 0 Å². The van der Waals surface area contributed by atoms with Crippen molar-refractivity contribution < 1.29 is 5.11 Å². The van der Waals surface area contributed by atoms with E-state index in [-0.39, 0.29) is 5.85 Å². The summed E-state index contributed by atoms with van der Waals surface area (Å²) >= 11 is 7.55. The summed E-state index contributed by atoms with van der Waals surface area (Å²) in [5.74, 6) is -2.74. The van der Waals surface area contributed by atoms with Crippen LogP contribution < -0.4 is 0 Å². The second kappa shape index (κ2) is 14.7. The van der Waals surface area contributed by atoms with E-state index in [2.05, 4.69) is 27.7 Å². The first-order valence-corrected chi connectivity index (χ1v) is 15.1. The van der Waals surface area contributed by atoms with E-state index in [0.717, 1.165) is 31.3 Å². The van der Waals surface area contributed by atoms with E-state index in [1.54, 1.807) is 0 Å². The van der Waals surface area contributed by atoms with Gasteiger partial charge < -0.3 is 0 Å². The molecule has 1 unspecified atom stereocenters. The number of rotatable bonds is 18. The van der Waals surface area contributed by atoms with E-state index in [1.807, 2.05) is 0 Å². The fourth-order valence-electron chi connectivity index (χ4n) is 3.99.